The summed E-state index contributed by atoms with van der Waals surface area (Å²) < 4.78 is 0. The van der Waals surface area contributed by atoms with Crippen molar-refractivity contribution in [1.82, 2.24) is 9.88 Å². The maximum absolute atomic E-state index is 4.61. The van der Waals surface area contributed by atoms with Crippen LogP contribution in [0.25, 0.3) is 0 Å². The number of rotatable bonds is 3. The molecule has 0 spiro atoms. The standard InChI is InChI=1S/C13H20N2/c1-11-5-6-13(14-12(11)2)7-10-15-8-3-4-9-15/h5-6H,3-4,7-10H2,1-2H3. The Kier molecular flexibility index (Phi) is 3.37. The van der Waals surface area contributed by atoms with Crippen molar-refractivity contribution >= 4 is 0 Å². The van der Waals surface area contributed by atoms with Crippen molar-refractivity contribution in [3.05, 3.63) is 29.1 Å². The van der Waals surface area contributed by atoms with Crippen molar-refractivity contribution in [2.45, 2.75) is 33.1 Å². The summed E-state index contributed by atoms with van der Waals surface area (Å²) in [7, 11) is 0. The van der Waals surface area contributed by atoms with Crippen LogP contribution in [0.4, 0.5) is 0 Å². The molecule has 2 heterocycles. The first-order valence-corrected chi connectivity index (χ1v) is 5.91. The van der Waals surface area contributed by atoms with E-state index in [9.17, 15) is 0 Å². The Hall–Kier alpha value is -0.890. The van der Waals surface area contributed by atoms with Gasteiger partial charge in [-0.05, 0) is 51.4 Å². The van der Waals surface area contributed by atoms with Crippen LogP contribution in [0, 0.1) is 13.8 Å². The van der Waals surface area contributed by atoms with E-state index in [1.165, 1.54) is 49.4 Å². The average Bonchev–Trinajstić information content (AvgIpc) is 2.73. The molecule has 0 amide bonds. The molecule has 82 valence electrons. The SMILES string of the molecule is Cc1ccc(CCN2CCCC2)nc1C. The molecule has 0 bridgehead atoms. The van der Waals surface area contributed by atoms with E-state index in [0.717, 1.165) is 6.42 Å². The fourth-order valence-corrected chi connectivity index (χ4v) is 2.10. The summed E-state index contributed by atoms with van der Waals surface area (Å²) in [6.45, 7) is 7.95. The number of aromatic nitrogens is 1. The van der Waals surface area contributed by atoms with E-state index < -0.39 is 0 Å². The normalized spacial score (nSPS) is 17.2. The monoisotopic (exact) mass is 204 g/mol. The van der Waals surface area contributed by atoms with E-state index in [1.54, 1.807) is 0 Å². The van der Waals surface area contributed by atoms with E-state index >= 15 is 0 Å². The molecular formula is C13H20N2. The fourth-order valence-electron chi connectivity index (χ4n) is 2.10. The molecule has 1 saturated heterocycles. The van der Waals surface area contributed by atoms with Crippen LogP contribution in [-0.2, 0) is 6.42 Å². The molecule has 15 heavy (non-hydrogen) atoms. The van der Waals surface area contributed by atoms with Gasteiger partial charge in [0.15, 0.2) is 0 Å². The van der Waals surface area contributed by atoms with Gasteiger partial charge in [0.25, 0.3) is 0 Å². The van der Waals surface area contributed by atoms with Gasteiger partial charge in [-0.15, -0.1) is 0 Å². The summed E-state index contributed by atoms with van der Waals surface area (Å²) in [4.78, 5) is 7.15. The highest BCUT2D eigenvalue weighted by molar-refractivity contribution is 5.20. The highest BCUT2D eigenvalue weighted by Gasteiger charge is 2.11. The predicted octanol–water partition coefficient (Wildman–Crippen LogP) is 2.34. The van der Waals surface area contributed by atoms with Crippen molar-refractivity contribution in [3.63, 3.8) is 0 Å². The number of hydrogen-bond donors (Lipinski definition) is 0. The first-order valence-electron chi connectivity index (χ1n) is 5.91. The summed E-state index contributed by atoms with van der Waals surface area (Å²) in [6, 6.07) is 4.35. The minimum atomic E-state index is 1.10. The van der Waals surface area contributed by atoms with E-state index in [1.807, 2.05) is 0 Å². The second-order valence-electron chi connectivity index (χ2n) is 4.50. The van der Waals surface area contributed by atoms with Crippen molar-refractivity contribution in [2.75, 3.05) is 19.6 Å². The van der Waals surface area contributed by atoms with Crippen LogP contribution < -0.4 is 0 Å². The average molecular weight is 204 g/mol. The van der Waals surface area contributed by atoms with E-state index in [0.29, 0.717) is 0 Å². The fraction of sp³-hybridized carbons (Fsp3) is 0.615. The Balaban J connectivity index is 1.90. The molecule has 0 atom stereocenters. The van der Waals surface area contributed by atoms with Crippen molar-refractivity contribution < 1.29 is 0 Å². The number of hydrogen-bond acceptors (Lipinski definition) is 2. The van der Waals surface area contributed by atoms with Crippen LogP contribution in [0.5, 0.6) is 0 Å². The molecule has 0 saturated carbocycles. The minimum Gasteiger partial charge on any atom is -0.303 e. The molecule has 1 fully saturated rings. The second-order valence-corrected chi connectivity index (χ2v) is 4.50. The molecule has 1 aromatic heterocycles. The summed E-state index contributed by atoms with van der Waals surface area (Å²) in [5.74, 6) is 0. The van der Waals surface area contributed by atoms with E-state index in [2.05, 4.69) is 35.9 Å². The highest BCUT2D eigenvalue weighted by atomic mass is 15.1. The highest BCUT2D eigenvalue weighted by Crippen LogP contribution is 2.10. The van der Waals surface area contributed by atoms with Gasteiger partial charge in [0.2, 0.25) is 0 Å². The molecule has 1 aliphatic heterocycles. The molecule has 1 aliphatic rings. The van der Waals surface area contributed by atoms with Gasteiger partial charge in [0.05, 0.1) is 0 Å². The zero-order chi connectivity index (χ0) is 10.7. The van der Waals surface area contributed by atoms with Gasteiger partial charge in [-0.1, -0.05) is 6.07 Å². The molecule has 0 N–H and O–H groups in total. The zero-order valence-corrected chi connectivity index (χ0v) is 9.79. The minimum absolute atomic E-state index is 1.10. The van der Waals surface area contributed by atoms with Gasteiger partial charge in [-0.2, -0.15) is 0 Å². The number of aryl methyl sites for hydroxylation is 2. The lowest BCUT2D eigenvalue weighted by atomic mass is 10.2. The van der Waals surface area contributed by atoms with Crippen LogP contribution in [0.2, 0.25) is 0 Å². The zero-order valence-electron chi connectivity index (χ0n) is 9.79. The van der Waals surface area contributed by atoms with Gasteiger partial charge in [0.1, 0.15) is 0 Å². The van der Waals surface area contributed by atoms with Crippen molar-refractivity contribution in [3.8, 4) is 0 Å². The third-order valence-electron chi connectivity index (χ3n) is 3.29. The first-order chi connectivity index (χ1) is 7.25. The predicted molar refractivity (Wildman–Crippen MR) is 63.1 cm³/mol. The Morgan fingerprint density at radius 3 is 2.60 bits per heavy atom. The third-order valence-corrected chi connectivity index (χ3v) is 3.29. The van der Waals surface area contributed by atoms with Gasteiger partial charge in [-0.3, -0.25) is 4.98 Å². The van der Waals surface area contributed by atoms with E-state index in [-0.39, 0.29) is 0 Å². The summed E-state index contributed by atoms with van der Waals surface area (Å²) >= 11 is 0. The Morgan fingerprint density at radius 2 is 1.93 bits per heavy atom. The number of likely N-dealkylation sites (tertiary alicyclic amines) is 1. The molecule has 2 rings (SSSR count). The van der Waals surface area contributed by atoms with Gasteiger partial charge < -0.3 is 4.90 Å². The lowest BCUT2D eigenvalue weighted by molar-refractivity contribution is 0.342. The van der Waals surface area contributed by atoms with Crippen LogP contribution in [0.3, 0.4) is 0 Å². The topological polar surface area (TPSA) is 16.1 Å². The van der Waals surface area contributed by atoms with E-state index in [4.69, 9.17) is 0 Å². The lowest BCUT2D eigenvalue weighted by Crippen LogP contribution is -2.22. The summed E-state index contributed by atoms with van der Waals surface area (Å²) in [6.07, 6.45) is 3.85. The Labute approximate surface area is 92.3 Å². The Morgan fingerprint density at radius 1 is 1.20 bits per heavy atom. The molecule has 0 radical (unpaired) electrons. The summed E-state index contributed by atoms with van der Waals surface area (Å²) in [5, 5.41) is 0. The third kappa shape index (κ3) is 2.78. The van der Waals surface area contributed by atoms with Crippen molar-refractivity contribution in [1.29, 1.82) is 0 Å². The lowest BCUT2D eigenvalue weighted by Gasteiger charge is -2.14. The first kappa shape index (κ1) is 10.6. The van der Waals surface area contributed by atoms with Gasteiger partial charge >= 0.3 is 0 Å². The quantitative estimate of drug-likeness (QED) is 0.751. The van der Waals surface area contributed by atoms with Crippen LogP contribution in [0.1, 0.15) is 29.8 Å². The van der Waals surface area contributed by atoms with Crippen LogP contribution in [0.15, 0.2) is 12.1 Å². The molecule has 2 nitrogen and oxygen atoms in total. The smallest absolute Gasteiger partial charge is 0.0419 e. The molecule has 2 heteroatoms. The van der Waals surface area contributed by atoms with Crippen LogP contribution in [-0.4, -0.2) is 29.5 Å². The molecule has 1 aromatic rings. The van der Waals surface area contributed by atoms with Gasteiger partial charge in [0, 0.05) is 24.4 Å². The molecule has 0 aliphatic carbocycles. The molecular weight excluding hydrogens is 184 g/mol. The molecule has 0 unspecified atom stereocenters. The number of pyridine rings is 1. The summed E-state index contributed by atoms with van der Waals surface area (Å²) in [5.41, 5.74) is 3.71. The number of nitrogens with zero attached hydrogens (tertiary/aromatic N) is 2. The maximum atomic E-state index is 4.61. The maximum Gasteiger partial charge on any atom is 0.0419 e. The van der Waals surface area contributed by atoms with Gasteiger partial charge in [-0.25, -0.2) is 0 Å². The molecule has 0 aromatic carbocycles. The van der Waals surface area contributed by atoms with Crippen molar-refractivity contribution in [2.24, 2.45) is 0 Å². The largest absolute Gasteiger partial charge is 0.303 e. The second kappa shape index (κ2) is 4.75. The Bertz CT molecular complexity index is 327. The van der Waals surface area contributed by atoms with Crippen LogP contribution >= 0.6 is 0 Å².